The molecule has 18 heavy (non-hydrogen) atoms. The van der Waals surface area contributed by atoms with Gasteiger partial charge in [-0.25, -0.2) is 0 Å². The molecule has 2 aliphatic rings. The second-order valence-electron chi connectivity index (χ2n) is 5.13. The number of hydrogen-bond donors (Lipinski definition) is 0. The lowest BCUT2D eigenvalue weighted by Crippen LogP contribution is -2.34. The van der Waals surface area contributed by atoms with Crippen molar-refractivity contribution in [2.24, 2.45) is 11.8 Å². The van der Waals surface area contributed by atoms with E-state index in [4.69, 9.17) is 4.42 Å². The summed E-state index contributed by atoms with van der Waals surface area (Å²) < 4.78 is 5.13. The summed E-state index contributed by atoms with van der Waals surface area (Å²) in [4.78, 5) is 27.1. The molecule has 5 heteroatoms. The normalized spacial score (nSPS) is 26.5. The zero-order valence-electron chi connectivity index (χ0n) is 10.3. The highest BCUT2D eigenvalue weighted by Crippen LogP contribution is 2.31. The molecule has 0 aliphatic carbocycles. The molecule has 0 radical (unpaired) electrons. The number of furan rings is 1. The van der Waals surface area contributed by atoms with Crippen molar-refractivity contribution >= 4 is 11.8 Å². The minimum absolute atomic E-state index is 0.0382. The van der Waals surface area contributed by atoms with Crippen molar-refractivity contribution in [2.45, 2.75) is 6.92 Å². The topological polar surface area (TPSA) is 53.8 Å². The Morgan fingerprint density at radius 3 is 2.28 bits per heavy atom. The summed E-state index contributed by atoms with van der Waals surface area (Å²) in [5, 5.41) is 0. The van der Waals surface area contributed by atoms with Gasteiger partial charge in [-0.05, 0) is 12.1 Å². The third-order valence-corrected chi connectivity index (χ3v) is 3.95. The van der Waals surface area contributed by atoms with E-state index in [-0.39, 0.29) is 11.8 Å². The summed E-state index contributed by atoms with van der Waals surface area (Å²) in [5.41, 5.74) is 0. The standard InChI is InChI=1S/C13H16N2O3/c1-9(16)14-5-10-7-15(8-11(10)6-14)13(17)12-3-2-4-18-12/h2-4,10-11H,5-8H2,1H3/t10-,11+. The van der Waals surface area contributed by atoms with Gasteiger partial charge < -0.3 is 14.2 Å². The van der Waals surface area contributed by atoms with Gasteiger partial charge in [0.2, 0.25) is 5.91 Å². The van der Waals surface area contributed by atoms with E-state index in [1.165, 1.54) is 6.26 Å². The van der Waals surface area contributed by atoms with E-state index in [0.29, 0.717) is 17.6 Å². The van der Waals surface area contributed by atoms with E-state index < -0.39 is 0 Å². The first-order chi connectivity index (χ1) is 8.65. The van der Waals surface area contributed by atoms with Crippen LogP contribution in [0.4, 0.5) is 0 Å². The van der Waals surface area contributed by atoms with Crippen molar-refractivity contribution in [1.82, 2.24) is 9.80 Å². The van der Waals surface area contributed by atoms with Crippen molar-refractivity contribution in [2.75, 3.05) is 26.2 Å². The zero-order chi connectivity index (χ0) is 12.7. The van der Waals surface area contributed by atoms with Crippen LogP contribution in [0.25, 0.3) is 0 Å². The SMILES string of the molecule is CC(=O)N1C[C@@H]2CN(C(=O)c3ccco3)C[C@@H]2C1. The molecule has 5 nitrogen and oxygen atoms in total. The van der Waals surface area contributed by atoms with Crippen LogP contribution in [0.15, 0.2) is 22.8 Å². The molecule has 0 unspecified atom stereocenters. The molecule has 2 atom stereocenters. The predicted octanol–water partition coefficient (Wildman–Crippen LogP) is 0.830. The maximum absolute atomic E-state index is 12.1. The third-order valence-electron chi connectivity index (χ3n) is 3.95. The van der Waals surface area contributed by atoms with Crippen LogP contribution in [0.3, 0.4) is 0 Å². The third kappa shape index (κ3) is 1.79. The van der Waals surface area contributed by atoms with E-state index in [9.17, 15) is 9.59 Å². The van der Waals surface area contributed by atoms with Gasteiger partial charge in [0, 0.05) is 44.9 Å². The van der Waals surface area contributed by atoms with E-state index >= 15 is 0 Å². The Labute approximate surface area is 105 Å². The van der Waals surface area contributed by atoms with Gasteiger partial charge in [0.25, 0.3) is 5.91 Å². The Kier molecular flexibility index (Phi) is 2.61. The number of carbonyl (C=O) groups excluding carboxylic acids is 2. The number of carbonyl (C=O) groups is 2. The number of fused-ring (bicyclic) bond motifs is 1. The van der Waals surface area contributed by atoms with Crippen LogP contribution < -0.4 is 0 Å². The minimum Gasteiger partial charge on any atom is -0.459 e. The van der Waals surface area contributed by atoms with E-state index in [2.05, 4.69) is 0 Å². The van der Waals surface area contributed by atoms with Gasteiger partial charge in [-0.1, -0.05) is 0 Å². The summed E-state index contributed by atoms with van der Waals surface area (Å²) in [5.74, 6) is 1.34. The summed E-state index contributed by atoms with van der Waals surface area (Å²) >= 11 is 0. The second kappa shape index (κ2) is 4.15. The predicted molar refractivity (Wildman–Crippen MR) is 63.8 cm³/mol. The van der Waals surface area contributed by atoms with Gasteiger partial charge in [0.05, 0.1) is 6.26 Å². The van der Waals surface area contributed by atoms with Crippen molar-refractivity contribution < 1.29 is 14.0 Å². The highest BCUT2D eigenvalue weighted by atomic mass is 16.3. The van der Waals surface area contributed by atoms with Crippen molar-refractivity contribution in [1.29, 1.82) is 0 Å². The van der Waals surface area contributed by atoms with Crippen LogP contribution in [0.1, 0.15) is 17.5 Å². The molecule has 0 N–H and O–H groups in total. The molecule has 0 bridgehead atoms. The van der Waals surface area contributed by atoms with Crippen molar-refractivity contribution in [3.8, 4) is 0 Å². The molecular formula is C13H16N2O3. The fourth-order valence-corrected chi connectivity index (χ4v) is 2.97. The molecule has 96 valence electrons. The molecule has 0 spiro atoms. The first-order valence-electron chi connectivity index (χ1n) is 6.23. The van der Waals surface area contributed by atoms with Crippen LogP contribution >= 0.6 is 0 Å². The maximum atomic E-state index is 12.1. The number of amides is 2. The highest BCUT2D eigenvalue weighted by molar-refractivity contribution is 5.91. The molecule has 1 aromatic heterocycles. The van der Waals surface area contributed by atoms with Gasteiger partial charge in [-0.3, -0.25) is 9.59 Å². The van der Waals surface area contributed by atoms with Crippen molar-refractivity contribution in [3.63, 3.8) is 0 Å². The summed E-state index contributed by atoms with van der Waals surface area (Å²) in [6, 6.07) is 3.42. The largest absolute Gasteiger partial charge is 0.459 e. The number of hydrogen-bond acceptors (Lipinski definition) is 3. The highest BCUT2D eigenvalue weighted by Gasteiger charge is 2.42. The molecule has 3 rings (SSSR count). The maximum Gasteiger partial charge on any atom is 0.289 e. The summed E-state index contributed by atoms with van der Waals surface area (Å²) in [6.45, 7) is 4.62. The molecule has 2 saturated heterocycles. The molecule has 2 amide bonds. The first-order valence-corrected chi connectivity index (χ1v) is 6.23. The van der Waals surface area contributed by atoms with E-state index in [1.54, 1.807) is 19.1 Å². The van der Waals surface area contributed by atoms with E-state index in [0.717, 1.165) is 26.2 Å². The number of nitrogens with zero attached hydrogens (tertiary/aromatic N) is 2. The molecule has 3 heterocycles. The van der Waals surface area contributed by atoms with Gasteiger partial charge in [0.15, 0.2) is 5.76 Å². The average Bonchev–Trinajstić information content (AvgIpc) is 3.03. The monoisotopic (exact) mass is 248 g/mol. The Hall–Kier alpha value is -1.78. The first kappa shape index (κ1) is 11.3. The Morgan fingerprint density at radius 1 is 1.17 bits per heavy atom. The number of rotatable bonds is 1. The van der Waals surface area contributed by atoms with Gasteiger partial charge >= 0.3 is 0 Å². The van der Waals surface area contributed by atoms with Crippen LogP contribution in [0, 0.1) is 11.8 Å². The Morgan fingerprint density at radius 2 is 1.78 bits per heavy atom. The number of likely N-dealkylation sites (tertiary alicyclic amines) is 2. The average molecular weight is 248 g/mol. The van der Waals surface area contributed by atoms with Gasteiger partial charge in [-0.2, -0.15) is 0 Å². The van der Waals surface area contributed by atoms with Crippen LogP contribution in [0.5, 0.6) is 0 Å². The quantitative estimate of drug-likeness (QED) is 0.739. The zero-order valence-corrected chi connectivity index (χ0v) is 10.3. The second-order valence-corrected chi connectivity index (χ2v) is 5.13. The van der Waals surface area contributed by atoms with Crippen LogP contribution in [0.2, 0.25) is 0 Å². The Bertz CT molecular complexity index is 455. The molecule has 1 aromatic rings. The fraction of sp³-hybridized carbons (Fsp3) is 0.538. The van der Waals surface area contributed by atoms with Gasteiger partial charge in [0.1, 0.15) is 0 Å². The van der Waals surface area contributed by atoms with Crippen LogP contribution in [-0.4, -0.2) is 47.8 Å². The van der Waals surface area contributed by atoms with Crippen molar-refractivity contribution in [3.05, 3.63) is 24.2 Å². The lowest BCUT2D eigenvalue weighted by Gasteiger charge is -2.20. The molecule has 0 saturated carbocycles. The van der Waals surface area contributed by atoms with E-state index in [1.807, 2.05) is 9.80 Å². The lowest BCUT2D eigenvalue weighted by molar-refractivity contribution is -0.128. The lowest BCUT2D eigenvalue weighted by atomic mass is 10.0. The smallest absolute Gasteiger partial charge is 0.289 e. The fourth-order valence-electron chi connectivity index (χ4n) is 2.97. The minimum atomic E-state index is -0.0382. The summed E-state index contributed by atoms with van der Waals surface area (Å²) in [7, 11) is 0. The summed E-state index contributed by atoms with van der Waals surface area (Å²) in [6.07, 6.45) is 1.52. The Balaban J connectivity index is 1.65. The van der Waals surface area contributed by atoms with Gasteiger partial charge in [-0.15, -0.1) is 0 Å². The molecule has 2 aliphatic heterocycles. The molecule has 0 aromatic carbocycles. The van der Waals surface area contributed by atoms with Crippen LogP contribution in [-0.2, 0) is 4.79 Å². The molecule has 2 fully saturated rings. The molecular weight excluding hydrogens is 232 g/mol.